The van der Waals surface area contributed by atoms with Crippen molar-refractivity contribution in [1.82, 2.24) is 9.36 Å². The van der Waals surface area contributed by atoms with Crippen molar-refractivity contribution in [2.24, 2.45) is 0 Å². The topological polar surface area (TPSA) is 25.8 Å². The van der Waals surface area contributed by atoms with E-state index in [9.17, 15) is 0 Å². The lowest BCUT2D eigenvalue weighted by Crippen LogP contribution is -1.81. The molecule has 0 atom stereocenters. The molecule has 0 bridgehead atoms. The van der Waals surface area contributed by atoms with Gasteiger partial charge < -0.3 is 0 Å². The van der Waals surface area contributed by atoms with Crippen molar-refractivity contribution in [3.05, 3.63) is 9.74 Å². The molecule has 0 saturated heterocycles. The van der Waals surface area contributed by atoms with Crippen molar-refractivity contribution in [3.8, 4) is 0 Å². The minimum absolute atomic E-state index is 0.726. The molecule has 0 amide bonds. The average molecular weight is 221 g/mol. The molecule has 0 aliphatic carbocycles. The molecule has 10 heavy (non-hydrogen) atoms. The van der Waals surface area contributed by atoms with Gasteiger partial charge in [0.1, 0.15) is 5.01 Å². The van der Waals surface area contributed by atoms with Gasteiger partial charge in [-0.2, -0.15) is 4.37 Å². The summed E-state index contributed by atoms with van der Waals surface area (Å²) in [4.78, 5) is 4.17. The highest BCUT2D eigenvalue weighted by Gasteiger charge is 1.98. The van der Waals surface area contributed by atoms with Crippen LogP contribution < -0.4 is 0 Å². The number of aromatic nitrogens is 2. The maximum absolute atomic E-state index is 4.17. The minimum Gasteiger partial charge on any atom is -0.214 e. The van der Waals surface area contributed by atoms with Crippen LogP contribution in [-0.4, -0.2) is 9.36 Å². The second-order valence-electron chi connectivity index (χ2n) is 2.06. The summed E-state index contributed by atoms with van der Waals surface area (Å²) in [6.07, 6.45) is 3.50. The van der Waals surface area contributed by atoms with E-state index in [0.717, 1.165) is 16.2 Å². The number of hydrogen-bond acceptors (Lipinski definition) is 3. The minimum atomic E-state index is 0.726. The maximum atomic E-state index is 4.17. The molecule has 0 unspecified atom stereocenters. The number of unbranched alkanes of at least 4 members (excludes halogenated alkanes) is 1. The molecular formula is C6H9BrN2S. The van der Waals surface area contributed by atoms with E-state index in [1.165, 1.54) is 24.4 Å². The van der Waals surface area contributed by atoms with Crippen molar-refractivity contribution in [2.75, 3.05) is 0 Å². The molecular weight excluding hydrogens is 212 g/mol. The van der Waals surface area contributed by atoms with Gasteiger partial charge in [0.05, 0.1) is 0 Å². The fraction of sp³-hybridized carbons (Fsp3) is 0.667. The lowest BCUT2D eigenvalue weighted by Gasteiger charge is -1.88. The summed E-state index contributed by atoms with van der Waals surface area (Å²) in [6.45, 7) is 2.18. The molecule has 1 aromatic rings. The molecule has 2 nitrogen and oxygen atoms in total. The average Bonchev–Trinajstić information content (AvgIpc) is 2.31. The third-order valence-electron chi connectivity index (χ3n) is 1.19. The van der Waals surface area contributed by atoms with Crippen LogP contribution in [0.25, 0.3) is 0 Å². The van der Waals surface area contributed by atoms with Crippen LogP contribution in [0.5, 0.6) is 0 Å². The van der Waals surface area contributed by atoms with Gasteiger partial charge in [0.25, 0.3) is 0 Å². The third kappa shape index (κ3) is 2.34. The van der Waals surface area contributed by atoms with Crippen LogP contribution in [0.15, 0.2) is 4.73 Å². The van der Waals surface area contributed by atoms with E-state index in [2.05, 4.69) is 32.2 Å². The summed E-state index contributed by atoms with van der Waals surface area (Å²) < 4.78 is 4.74. The molecule has 0 N–H and O–H groups in total. The monoisotopic (exact) mass is 220 g/mol. The van der Waals surface area contributed by atoms with Gasteiger partial charge in [-0.05, 0) is 33.9 Å². The second kappa shape index (κ2) is 4.03. The molecule has 1 heterocycles. The number of aryl methyl sites for hydroxylation is 1. The molecule has 0 aliphatic heterocycles. The highest BCUT2D eigenvalue weighted by atomic mass is 79.9. The van der Waals surface area contributed by atoms with Crippen molar-refractivity contribution in [3.63, 3.8) is 0 Å². The summed E-state index contributed by atoms with van der Waals surface area (Å²) in [5.41, 5.74) is 0. The Balaban J connectivity index is 2.42. The molecule has 4 heteroatoms. The summed E-state index contributed by atoms with van der Waals surface area (Å²) in [7, 11) is 0. The lowest BCUT2D eigenvalue weighted by molar-refractivity contribution is 0.788. The van der Waals surface area contributed by atoms with Crippen LogP contribution in [0.1, 0.15) is 24.8 Å². The predicted octanol–water partition coefficient (Wildman–Crippen LogP) is 2.64. The van der Waals surface area contributed by atoms with Crippen molar-refractivity contribution in [1.29, 1.82) is 0 Å². The van der Waals surface area contributed by atoms with E-state index < -0.39 is 0 Å². The molecule has 0 spiro atoms. The first-order valence-corrected chi connectivity index (χ1v) is 4.87. The van der Waals surface area contributed by atoms with Gasteiger partial charge in [-0.25, -0.2) is 4.98 Å². The standard InChI is InChI=1S/C6H9BrN2S/c1-2-3-4-5-8-6(7)9-10-5/h2-4H2,1H3. The largest absolute Gasteiger partial charge is 0.214 e. The van der Waals surface area contributed by atoms with Crippen molar-refractivity contribution >= 4 is 27.5 Å². The fourth-order valence-electron chi connectivity index (χ4n) is 0.664. The Bertz CT molecular complexity index is 199. The molecule has 1 aromatic heterocycles. The van der Waals surface area contributed by atoms with E-state index >= 15 is 0 Å². The molecule has 1 rings (SSSR count). The first-order chi connectivity index (χ1) is 4.83. The van der Waals surface area contributed by atoms with Gasteiger partial charge in [-0.15, -0.1) is 0 Å². The fourth-order valence-corrected chi connectivity index (χ4v) is 1.80. The molecule has 0 radical (unpaired) electrons. The Morgan fingerprint density at radius 2 is 2.40 bits per heavy atom. The zero-order valence-corrected chi connectivity index (χ0v) is 8.20. The number of nitrogens with zero attached hydrogens (tertiary/aromatic N) is 2. The predicted molar refractivity (Wildman–Crippen MR) is 46.2 cm³/mol. The lowest BCUT2D eigenvalue weighted by atomic mass is 10.3. The SMILES string of the molecule is CCCCc1nc(Br)ns1. The van der Waals surface area contributed by atoms with Crippen LogP contribution >= 0.6 is 27.5 Å². The van der Waals surface area contributed by atoms with Crippen molar-refractivity contribution < 1.29 is 0 Å². The summed E-state index contributed by atoms with van der Waals surface area (Å²) in [6, 6.07) is 0. The van der Waals surface area contributed by atoms with Crippen LogP contribution in [0.3, 0.4) is 0 Å². The number of rotatable bonds is 3. The highest BCUT2D eigenvalue weighted by molar-refractivity contribution is 9.10. The molecule has 0 saturated carbocycles. The Labute approximate surface area is 73.0 Å². The van der Waals surface area contributed by atoms with Gasteiger partial charge in [0.2, 0.25) is 4.73 Å². The van der Waals surface area contributed by atoms with Gasteiger partial charge in [-0.1, -0.05) is 13.3 Å². The van der Waals surface area contributed by atoms with Crippen LogP contribution in [0.4, 0.5) is 0 Å². The summed E-state index contributed by atoms with van der Waals surface area (Å²) >= 11 is 4.69. The summed E-state index contributed by atoms with van der Waals surface area (Å²) in [5, 5.41) is 1.13. The van der Waals surface area contributed by atoms with Gasteiger partial charge in [0, 0.05) is 6.42 Å². The normalized spacial score (nSPS) is 10.2. The van der Waals surface area contributed by atoms with E-state index in [1.807, 2.05) is 0 Å². The Morgan fingerprint density at radius 1 is 1.60 bits per heavy atom. The summed E-state index contributed by atoms with van der Waals surface area (Å²) in [5.74, 6) is 0. The van der Waals surface area contributed by atoms with Crippen LogP contribution in [0, 0.1) is 0 Å². The van der Waals surface area contributed by atoms with Gasteiger partial charge in [0.15, 0.2) is 0 Å². The Morgan fingerprint density at radius 3 is 2.90 bits per heavy atom. The highest BCUT2D eigenvalue weighted by Crippen LogP contribution is 2.11. The smallest absolute Gasteiger partial charge is 0.209 e. The quantitative estimate of drug-likeness (QED) is 0.784. The first-order valence-electron chi connectivity index (χ1n) is 3.31. The Hall–Kier alpha value is 0.0400. The molecule has 56 valence electrons. The zero-order valence-electron chi connectivity index (χ0n) is 5.80. The third-order valence-corrected chi connectivity index (χ3v) is 2.55. The number of hydrogen-bond donors (Lipinski definition) is 0. The van der Waals surface area contributed by atoms with E-state index in [4.69, 9.17) is 0 Å². The van der Waals surface area contributed by atoms with Crippen LogP contribution in [0.2, 0.25) is 0 Å². The molecule has 0 fully saturated rings. The molecule has 0 aliphatic rings. The van der Waals surface area contributed by atoms with E-state index in [-0.39, 0.29) is 0 Å². The van der Waals surface area contributed by atoms with Crippen LogP contribution in [-0.2, 0) is 6.42 Å². The Kier molecular flexibility index (Phi) is 3.28. The van der Waals surface area contributed by atoms with E-state index in [1.54, 1.807) is 0 Å². The second-order valence-corrected chi connectivity index (χ2v) is 3.61. The van der Waals surface area contributed by atoms with Gasteiger partial charge in [-0.3, -0.25) is 0 Å². The maximum Gasteiger partial charge on any atom is 0.209 e. The van der Waals surface area contributed by atoms with E-state index in [0.29, 0.717) is 0 Å². The first kappa shape index (κ1) is 8.14. The molecule has 0 aromatic carbocycles. The zero-order chi connectivity index (χ0) is 7.40. The number of halogens is 1. The van der Waals surface area contributed by atoms with Gasteiger partial charge >= 0.3 is 0 Å². The van der Waals surface area contributed by atoms with Crippen molar-refractivity contribution in [2.45, 2.75) is 26.2 Å².